The number of fused-ring (bicyclic) bond motifs is 3. The van der Waals surface area contributed by atoms with Gasteiger partial charge in [0.2, 0.25) is 5.78 Å². The van der Waals surface area contributed by atoms with Crippen LogP contribution in [0.15, 0.2) is 48.0 Å². The van der Waals surface area contributed by atoms with Crippen LogP contribution >= 0.6 is 0 Å². The molecule has 5 heteroatoms. The summed E-state index contributed by atoms with van der Waals surface area (Å²) in [6.07, 6.45) is 3.57. The van der Waals surface area contributed by atoms with Gasteiger partial charge >= 0.3 is 0 Å². The average molecular weight is 322 g/mol. The largest absolute Gasteiger partial charge is 0.478 e. The van der Waals surface area contributed by atoms with E-state index in [-0.39, 0.29) is 5.78 Å². The van der Waals surface area contributed by atoms with Crippen molar-refractivity contribution in [2.75, 3.05) is 6.73 Å². The topological polar surface area (TPSA) is 51.7 Å². The zero-order valence-electron chi connectivity index (χ0n) is 13.7. The third kappa shape index (κ3) is 2.47. The fourth-order valence-corrected chi connectivity index (χ4v) is 3.07. The van der Waals surface area contributed by atoms with E-state index in [1.54, 1.807) is 18.5 Å². The van der Waals surface area contributed by atoms with Crippen LogP contribution < -0.4 is 9.47 Å². The molecule has 0 amide bonds. The Hall–Kier alpha value is -2.66. The first-order valence-electron chi connectivity index (χ1n) is 7.93. The minimum atomic E-state index is -0.0425. The van der Waals surface area contributed by atoms with E-state index in [2.05, 4.69) is 9.88 Å². The number of carbonyl (C=O) groups is 1. The average Bonchev–Trinajstić information content (AvgIpc) is 2.93. The van der Waals surface area contributed by atoms with Crippen LogP contribution in [0.1, 0.15) is 35.3 Å². The molecule has 0 atom stereocenters. The van der Waals surface area contributed by atoms with Gasteiger partial charge in [0, 0.05) is 25.5 Å². The minimum absolute atomic E-state index is 0.0425. The Morgan fingerprint density at radius 1 is 1.21 bits per heavy atom. The highest BCUT2D eigenvalue weighted by atomic mass is 16.5. The van der Waals surface area contributed by atoms with Gasteiger partial charge in [0.05, 0.1) is 11.1 Å². The number of pyridine rings is 1. The second kappa shape index (κ2) is 5.76. The first kappa shape index (κ1) is 14.9. The van der Waals surface area contributed by atoms with Crippen molar-refractivity contribution in [3.8, 4) is 11.5 Å². The molecule has 5 nitrogen and oxygen atoms in total. The van der Waals surface area contributed by atoms with Gasteiger partial charge in [-0.3, -0.25) is 14.7 Å². The Balaban J connectivity index is 1.65. The van der Waals surface area contributed by atoms with E-state index < -0.39 is 0 Å². The van der Waals surface area contributed by atoms with Gasteiger partial charge in [-0.05, 0) is 49.2 Å². The van der Waals surface area contributed by atoms with Gasteiger partial charge in [-0.2, -0.15) is 0 Å². The van der Waals surface area contributed by atoms with Gasteiger partial charge in [-0.25, -0.2) is 0 Å². The van der Waals surface area contributed by atoms with Crippen LogP contribution in [-0.2, 0) is 13.1 Å². The maximum Gasteiger partial charge on any atom is 0.231 e. The lowest BCUT2D eigenvalue weighted by atomic mass is 10.0. The summed E-state index contributed by atoms with van der Waals surface area (Å²) in [5.74, 6) is 1.83. The molecule has 2 aliphatic rings. The molecule has 0 saturated carbocycles. The summed E-state index contributed by atoms with van der Waals surface area (Å²) in [7, 11) is 0. The minimum Gasteiger partial charge on any atom is -0.478 e. The van der Waals surface area contributed by atoms with Gasteiger partial charge in [-0.15, -0.1) is 0 Å². The molecule has 0 N–H and O–H groups in total. The monoisotopic (exact) mass is 322 g/mol. The summed E-state index contributed by atoms with van der Waals surface area (Å²) in [6.45, 7) is 5.73. The van der Waals surface area contributed by atoms with Crippen LogP contribution in [0.3, 0.4) is 0 Å². The summed E-state index contributed by atoms with van der Waals surface area (Å²) < 4.78 is 11.8. The molecular formula is C19H18N2O3. The Bertz CT molecular complexity index is 839. The number of ether oxygens (including phenoxy) is 2. The first-order chi connectivity index (χ1) is 11.6. The number of allylic oxidation sites excluding steroid dienone is 2. The van der Waals surface area contributed by atoms with Crippen molar-refractivity contribution >= 4 is 5.78 Å². The lowest BCUT2D eigenvalue weighted by molar-refractivity contribution is 0.0872. The highest BCUT2D eigenvalue weighted by Crippen LogP contribution is 2.42. The Morgan fingerprint density at radius 3 is 2.75 bits per heavy atom. The molecule has 0 unspecified atom stereocenters. The highest BCUT2D eigenvalue weighted by molar-refractivity contribution is 6.13. The van der Waals surface area contributed by atoms with Crippen LogP contribution in [-0.4, -0.2) is 22.4 Å². The van der Waals surface area contributed by atoms with Crippen LogP contribution in [0.25, 0.3) is 0 Å². The van der Waals surface area contributed by atoms with Gasteiger partial charge in [-0.1, -0.05) is 0 Å². The third-order valence-electron chi connectivity index (χ3n) is 4.27. The summed E-state index contributed by atoms with van der Waals surface area (Å²) in [5.41, 5.74) is 3.62. The lowest BCUT2D eigenvalue weighted by Crippen LogP contribution is -2.31. The number of ketones is 1. The molecule has 2 aliphatic heterocycles. The number of carbonyl (C=O) groups excluding carboxylic acids is 1. The second-order valence-corrected chi connectivity index (χ2v) is 6.30. The number of hydrogen-bond donors (Lipinski definition) is 0. The van der Waals surface area contributed by atoms with Gasteiger partial charge in [0.1, 0.15) is 18.2 Å². The van der Waals surface area contributed by atoms with Crippen molar-refractivity contribution in [1.82, 2.24) is 9.88 Å². The van der Waals surface area contributed by atoms with Gasteiger partial charge in [0.15, 0.2) is 5.76 Å². The number of rotatable bonds is 2. The fraction of sp³-hybridized carbons (Fsp3) is 0.263. The molecule has 4 rings (SSSR count). The molecule has 24 heavy (non-hydrogen) atoms. The van der Waals surface area contributed by atoms with E-state index in [1.165, 1.54) is 5.56 Å². The number of nitrogens with zero attached hydrogens (tertiary/aromatic N) is 2. The number of Topliss-reactive ketones (excluding diaryl/α,β-unsaturated/α-hetero) is 1. The Kier molecular flexibility index (Phi) is 3.58. The van der Waals surface area contributed by atoms with Crippen molar-refractivity contribution in [3.63, 3.8) is 0 Å². The van der Waals surface area contributed by atoms with Gasteiger partial charge < -0.3 is 9.47 Å². The second-order valence-electron chi connectivity index (χ2n) is 6.30. The maximum atomic E-state index is 12.5. The molecule has 0 bridgehead atoms. The fourth-order valence-electron chi connectivity index (χ4n) is 3.07. The van der Waals surface area contributed by atoms with Gasteiger partial charge in [0.25, 0.3) is 0 Å². The predicted octanol–water partition coefficient (Wildman–Crippen LogP) is 3.30. The number of aromatic nitrogens is 1. The molecule has 0 aliphatic carbocycles. The lowest BCUT2D eigenvalue weighted by Gasteiger charge is -2.29. The van der Waals surface area contributed by atoms with Crippen molar-refractivity contribution in [2.24, 2.45) is 0 Å². The Morgan fingerprint density at radius 2 is 2.00 bits per heavy atom. The van der Waals surface area contributed by atoms with E-state index >= 15 is 0 Å². The molecule has 0 fully saturated rings. The van der Waals surface area contributed by atoms with E-state index in [1.807, 2.05) is 32.0 Å². The number of benzene rings is 1. The highest BCUT2D eigenvalue weighted by Gasteiger charge is 2.34. The van der Waals surface area contributed by atoms with E-state index in [0.29, 0.717) is 30.3 Å². The van der Waals surface area contributed by atoms with Crippen molar-refractivity contribution in [3.05, 3.63) is 64.7 Å². The SMILES string of the molecule is CC(C)=C1Oc2c(ccc3c2CN(Cc2ccncc2)CO3)C1=O. The molecule has 1 aromatic heterocycles. The van der Waals surface area contributed by atoms with E-state index in [9.17, 15) is 4.79 Å². The van der Waals surface area contributed by atoms with E-state index in [0.717, 1.165) is 23.4 Å². The smallest absolute Gasteiger partial charge is 0.231 e. The molecule has 0 radical (unpaired) electrons. The van der Waals surface area contributed by atoms with E-state index in [4.69, 9.17) is 9.47 Å². The molecular weight excluding hydrogens is 304 g/mol. The zero-order chi connectivity index (χ0) is 16.7. The summed E-state index contributed by atoms with van der Waals surface area (Å²) in [6, 6.07) is 7.65. The van der Waals surface area contributed by atoms with Crippen LogP contribution in [0.4, 0.5) is 0 Å². The molecule has 122 valence electrons. The summed E-state index contributed by atoms with van der Waals surface area (Å²) in [5, 5.41) is 0. The zero-order valence-corrected chi connectivity index (χ0v) is 13.7. The molecule has 1 aromatic carbocycles. The standard InChI is InChI=1S/C19H18N2O3/c1-12(2)18-17(22)14-3-4-16-15(19(14)24-18)10-21(11-23-16)9-13-5-7-20-8-6-13/h3-8H,9-11H2,1-2H3. The van der Waals surface area contributed by atoms with Crippen LogP contribution in [0.5, 0.6) is 11.5 Å². The number of hydrogen-bond acceptors (Lipinski definition) is 5. The van der Waals surface area contributed by atoms with Crippen molar-refractivity contribution < 1.29 is 14.3 Å². The molecule has 2 aromatic rings. The van der Waals surface area contributed by atoms with Crippen molar-refractivity contribution in [2.45, 2.75) is 26.9 Å². The normalized spacial score (nSPS) is 16.2. The quantitative estimate of drug-likeness (QED) is 0.794. The molecule has 0 saturated heterocycles. The summed E-state index contributed by atoms with van der Waals surface area (Å²) >= 11 is 0. The van der Waals surface area contributed by atoms with Crippen LogP contribution in [0.2, 0.25) is 0 Å². The first-order valence-corrected chi connectivity index (χ1v) is 7.93. The third-order valence-corrected chi connectivity index (χ3v) is 4.27. The molecule has 3 heterocycles. The predicted molar refractivity (Wildman–Crippen MR) is 88.8 cm³/mol. The summed E-state index contributed by atoms with van der Waals surface area (Å²) in [4.78, 5) is 18.7. The molecule has 0 spiro atoms. The Labute approximate surface area is 140 Å². The van der Waals surface area contributed by atoms with Crippen LogP contribution in [0, 0.1) is 0 Å². The maximum absolute atomic E-state index is 12.5. The van der Waals surface area contributed by atoms with Crippen molar-refractivity contribution in [1.29, 1.82) is 0 Å².